The summed E-state index contributed by atoms with van der Waals surface area (Å²) >= 11 is 6.21. The molecule has 1 N–H and O–H groups in total. The number of benzene rings is 3. The van der Waals surface area contributed by atoms with E-state index in [2.05, 4.69) is 52.3 Å². The van der Waals surface area contributed by atoms with Gasteiger partial charge in [-0.25, -0.2) is 0 Å². The van der Waals surface area contributed by atoms with Crippen molar-refractivity contribution in [3.8, 4) is 0 Å². The molecule has 0 bridgehead atoms. The Morgan fingerprint density at radius 1 is 0.875 bits per heavy atom. The van der Waals surface area contributed by atoms with Crippen LogP contribution in [0.1, 0.15) is 41.3 Å². The van der Waals surface area contributed by atoms with E-state index in [9.17, 15) is 9.59 Å². The molecule has 7 heteroatoms. The van der Waals surface area contributed by atoms with E-state index in [-0.39, 0.29) is 24.4 Å². The maximum absolute atomic E-state index is 14.1. The van der Waals surface area contributed by atoms with E-state index in [1.807, 2.05) is 46.2 Å². The summed E-state index contributed by atoms with van der Waals surface area (Å²) in [6.45, 7) is 3.79. The zero-order valence-corrected chi connectivity index (χ0v) is 23.2. The predicted octanol–water partition coefficient (Wildman–Crippen LogP) is 5.42. The molecule has 0 radical (unpaired) electrons. The second kappa shape index (κ2) is 10.4. The molecule has 2 atom stereocenters. The summed E-state index contributed by atoms with van der Waals surface area (Å²) in [5.74, 6) is 0.492. The molecule has 7 rings (SSSR count). The number of rotatable bonds is 5. The van der Waals surface area contributed by atoms with Crippen molar-refractivity contribution in [1.29, 1.82) is 0 Å². The first-order chi connectivity index (χ1) is 19.5. The third kappa shape index (κ3) is 4.59. The Balaban J connectivity index is 1.12. The highest BCUT2D eigenvalue weighted by atomic mass is 35.5. The second-order valence-electron chi connectivity index (χ2n) is 11.5. The Bertz CT molecular complexity index is 1540. The predicted molar refractivity (Wildman–Crippen MR) is 157 cm³/mol. The number of hydrogen-bond acceptors (Lipinski definition) is 3. The minimum absolute atomic E-state index is 0.00960. The number of carbonyl (C=O) groups excluding carboxylic acids is 2. The number of amides is 2. The number of H-pyrrole nitrogens is 1. The van der Waals surface area contributed by atoms with Crippen LogP contribution < -0.4 is 0 Å². The van der Waals surface area contributed by atoms with E-state index in [0.29, 0.717) is 23.9 Å². The van der Waals surface area contributed by atoms with Gasteiger partial charge in [-0.05, 0) is 66.7 Å². The topological polar surface area (TPSA) is 59.7 Å². The van der Waals surface area contributed by atoms with Crippen molar-refractivity contribution < 1.29 is 9.59 Å². The third-order valence-corrected chi connectivity index (χ3v) is 9.21. The Labute approximate surface area is 239 Å². The van der Waals surface area contributed by atoms with E-state index in [0.717, 1.165) is 60.2 Å². The van der Waals surface area contributed by atoms with Gasteiger partial charge >= 0.3 is 0 Å². The molecule has 3 aromatic carbocycles. The Hall–Kier alpha value is -3.61. The zero-order chi connectivity index (χ0) is 27.2. The van der Waals surface area contributed by atoms with Gasteiger partial charge in [0.25, 0.3) is 0 Å². The molecule has 0 spiro atoms. The van der Waals surface area contributed by atoms with Crippen LogP contribution in [0.2, 0.25) is 5.02 Å². The molecule has 4 aromatic rings. The molecule has 0 aliphatic carbocycles. The van der Waals surface area contributed by atoms with Crippen molar-refractivity contribution in [2.75, 3.05) is 26.2 Å². The summed E-state index contributed by atoms with van der Waals surface area (Å²) in [5.41, 5.74) is 5.46. The molecule has 2 saturated heterocycles. The number of halogens is 1. The second-order valence-corrected chi connectivity index (χ2v) is 11.9. The van der Waals surface area contributed by atoms with Gasteiger partial charge in [0.05, 0.1) is 12.6 Å². The third-order valence-electron chi connectivity index (χ3n) is 8.96. The van der Waals surface area contributed by atoms with Gasteiger partial charge in [0.15, 0.2) is 0 Å². The van der Waals surface area contributed by atoms with E-state index < -0.39 is 6.04 Å². The molecule has 0 saturated carbocycles. The first-order valence-electron chi connectivity index (χ1n) is 14.3. The summed E-state index contributed by atoms with van der Waals surface area (Å²) in [5, 5.41) is 1.77. The molecular formula is C33H33ClN4O2. The first-order valence-corrected chi connectivity index (χ1v) is 14.6. The molecule has 3 aliphatic heterocycles. The van der Waals surface area contributed by atoms with E-state index in [4.69, 9.17) is 11.6 Å². The lowest BCUT2D eigenvalue weighted by Crippen LogP contribution is -2.63. The minimum Gasteiger partial charge on any atom is -0.356 e. The maximum atomic E-state index is 14.1. The van der Waals surface area contributed by atoms with Crippen LogP contribution in [0, 0.1) is 5.92 Å². The maximum Gasteiger partial charge on any atom is 0.246 e. The lowest BCUT2D eigenvalue weighted by molar-refractivity contribution is -0.159. The number of aromatic amines is 1. The fourth-order valence-electron chi connectivity index (χ4n) is 6.95. The minimum atomic E-state index is -0.508. The van der Waals surface area contributed by atoms with E-state index in [1.54, 1.807) is 0 Å². The fraction of sp³-hybridized carbons (Fsp3) is 0.333. The molecule has 6 nitrogen and oxygen atoms in total. The monoisotopic (exact) mass is 552 g/mol. The van der Waals surface area contributed by atoms with Gasteiger partial charge < -0.3 is 14.8 Å². The number of para-hydroxylation sites is 1. The van der Waals surface area contributed by atoms with Crippen molar-refractivity contribution in [2.24, 2.45) is 5.92 Å². The highest BCUT2D eigenvalue weighted by Crippen LogP contribution is 2.43. The molecule has 2 fully saturated rings. The highest BCUT2D eigenvalue weighted by Gasteiger charge is 2.48. The standard InChI is InChI=1S/C33H33ClN4O2/c34-25-12-10-24(11-13-25)32-31-27(26-8-4-5-9-28(26)35-31)18-29-33(40)37(21-30(39)38(29)32)20-23-14-16-36(17-15-23)19-22-6-2-1-3-7-22/h1-13,23,29,32,35H,14-21H2/t29-,32-/m0/s1. The number of nitrogens with zero attached hydrogens (tertiary/aromatic N) is 3. The number of likely N-dealkylation sites (tertiary alicyclic amines) is 1. The molecule has 204 valence electrons. The van der Waals surface area contributed by atoms with Gasteiger partial charge in [-0.15, -0.1) is 0 Å². The fourth-order valence-corrected chi connectivity index (χ4v) is 7.08. The number of piperidine rings is 1. The van der Waals surface area contributed by atoms with Crippen LogP contribution in [0.4, 0.5) is 0 Å². The number of carbonyl (C=O) groups is 2. The Morgan fingerprint density at radius 3 is 2.38 bits per heavy atom. The number of aromatic nitrogens is 1. The Morgan fingerprint density at radius 2 is 1.60 bits per heavy atom. The van der Waals surface area contributed by atoms with Gasteiger partial charge in [-0.1, -0.05) is 72.3 Å². The van der Waals surface area contributed by atoms with Gasteiger partial charge in [0, 0.05) is 41.1 Å². The van der Waals surface area contributed by atoms with Crippen LogP contribution in [0.15, 0.2) is 78.9 Å². The quantitative estimate of drug-likeness (QED) is 0.360. The van der Waals surface area contributed by atoms with E-state index >= 15 is 0 Å². The van der Waals surface area contributed by atoms with Crippen molar-refractivity contribution in [2.45, 2.75) is 37.9 Å². The zero-order valence-electron chi connectivity index (χ0n) is 22.4. The summed E-state index contributed by atoms with van der Waals surface area (Å²) in [4.78, 5) is 37.7. The van der Waals surface area contributed by atoms with Gasteiger partial charge in [0.2, 0.25) is 11.8 Å². The SMILES string of the molecule is O=C1[C@@H]2Cc3c([nH]c4ccccc34)[C@H](c3ccc(Cl)cc3)N2C(=O)CN1CC1CCN(Cc2ccccc2)CC1. The molecule has 2 amide bonds. The highest BCUT2D eigenvalue weighted by molar-refractivity contribution is 6.30. The van der Waals surface area contributed by atoms with Crippen molar-refractivity contribution >= 4 is 34.3 Å². The van der Waals surface area contributed by atoms with Crippen LogP contribution >= 0.6 is 11.6 Å². The number of hydrogen-bond donors (Lipinski definition) is 1. The average Bonchev–Trinajstić information content (AvgIpc) is 3.35. The first kappa shape index (κ1) is 25.4. The van der Waals surface area contributed by atoms with E-state index in [1.165, 1.54) is 5.56 Å². The van der Waals surface area contributed by atoms with Crippen molar-refractivity contribution in [3.05, 3.63) is 106 Å². The largest absolute Gasteiger partial charge is 0.356 e. The molecular weight excluding hydrogens is 520 g/mol. The lowest BCUT2D eigenvalue weighted by Gasteiger charge is -2.48. The molecule has 1 aromatic heterocycles. The van der Waals surface area contributed by atoms with Crippen molar-refractivity contribution in [1.82, 2.24) is 19.7 Å². The van der Waals surface area contributed by atoms with Gasteiger partial charge in [0.1, 0.15) is 6.04 Å². The van der Waals surface area contributed by atoms with Crippen LogP contribution in [0.3, 0.4) is 0 Å². The van der Waals surface area contributed by atoms with Crippen LogP contribution in [0.5, 0.6) is 0 Å². The normalized spacial score (nSPS) is 22.0. The molecule has 4 heterocycles. The molecule has 0 unspecified atom stereocenters. The summed E-state index contributed by atoms with van der Waals surface area (Å²) < 4.78 is 0. The summed E-state index contributed by atoms with van der Waals surface area (Å²) in [7, 11) is 0. The Kier molecular flexibility index (Phi) is 6.60. The van der Waals surface area contributed by atoms with Crippen LogP contribution in [-0.4, -0.2) is 63.7 Å². The van der Waals surface area contributed by atoms with Gasteiger partial charge in [-0.3, -0.25) is 14.5 Å². The number of piperazine rings is 1. The smallest absolute Gasteiger partial charge is 0.246 e. The number of fused-ring (bicyclic) bond motifs is 4. The average molecular weight is 553 g/mol. The molecule has 40 heavy (non-hydrogen) atoms. The van der Waals surface area contributed by atoms with Crippen LogP contribution in [-0.2, 0) is 22.6 Å². The summed E-state index contributed by atoms with van der Waals surface area (Å²) in [6.07, 6.45) is 2.61. The number of nitrogens with one attached hydrogen (secondary N) is 1. The lowest BCUT2D eigenvalue weighted by atomic mass is 9.85. The summed E-state index contributed by atoms with van der Waals surface area (Å²) in [6, 6.07) is 25.6. The van der Waals surface area contributed by atoms with Crippen LogP contribution in [0.25, 0.3) is 10.9 Å². The molecule has 3 aliphatic rings. The van der Waals surface area contributed by atoms with Crippen molar-refractivity contribution in [3.63, 3.8) is 0 Å². The van der Waals surface area contributed by atoms with Gasteiger partial charge in [-0.2, -0.15) is 0 Å².